The van der Waals surface area contributed by atoms with E-state index in [1.807, 2.05) is 6.92 Å². The molecule has 0 spiro atoms. The predicted molar refractivity (Wildman–Crippen MR) is 65.8 cm³/mol. The van der Waals surface area contributed by atoms with Crippen molar-refractivity contribution in [2.24, 2.45) is 0 Å². The zero-order chi connectivity index (χ0) is 11.2. The summed E-state index contributed by atoms with van der Waals surface area (Å²) in [5, 5.41) is 0. The number of rotatable bonds is 0. The van der Waals surface area contributed by atoms with Crippen LogP contribution in [0.4, 0.5) is 0 Å². The molecule has 1 aromatic rings. The summed E-state index contributed by atoms with van der Waals surface area (Å²) in [5.41, 5.74) is 3.02. The second-order valence-corrected chi connectivity index (χ2v) is 4.52. The van der Waals surface area contributed by atoms with Gasteiger partial charge in [0.1, 0.15) is 0 Å². The molecule has 0 fully saturated rings. The molecule has 0 nitrogen and oxygen atoms in total. The Labute approximate surface area is 88.7 Å². The zero-order valence-corrected chi connectivity index (χ0v) is 10.1. The number of benzene rings is 1. The fraction of sp³-hybridized carbons (Fsp3) is 0.429. The van der Waals surface area contributed by atoms with E-state index in [1.165, 1.54) is 11.1 Å². The maximum atomic E-state index is 3.36. The van der Waals surface area contributed by atoms with Crippen molar-refractivity contribution in [3.05, 3.63) is 48.0 Å². The average Bonchev–Trinajstić information content (AvgIpc) is 2.04. The molecule has 1 aromatic carbocycles. The van der Waals surface area contributed by atoms with Crippen LogP contribution in [0.1, 0.15) is 38.8 Å². The van der Waals surface area contributed by atoms with E-state index in [0.29, 0.717) is 0 Å². The predicted octanol–water partition coefficient (Wildman–Crippen LogP) is 4.48. The number of allylic oxidation sites excluding steroid dienone is 1. The van der Waals surface area contributed by atoms with Gasteiger partial charge >= 0.3 is 0 Å². The van der Waals surface area contributed by atoms with Crippen molar-refractivity contribution < 1.29 is 0 Å². The van der Waals surface area contributed by atoms with Gasteiger partial charge in [0.2, 0.25) is 0 Å². The van der Waals surface area contributed by atoms with Crippen LogP contribution in [0.2, 0.25) is 0 Å². The topological polar surface area (TPSA) is 0 Å². The van der Waals surface area contributed by atoms with Crippen molar-refractivity contribution in [2.45, 2.75) is 40.0 Å². The summed E-state index contributed by atoms with van der Waals surface area (Å²) in [7, 11) is 0. The van der Waals surface area contributed by atoms with Crippen LogP contribution in [0.3, 0.4) is 0 Å². The molecule has 0 saturated heterocycles. The fourth-order valence-corrected chi connectivity index (χ4v) is 1.05. The lowest BCUT2D eigenvalue weighted by molar-refractivity contribution is 0.590. The standard InChI is InChI=1S/C11H16.C3H6/c1-9-5-7-10(8-6-9)11(2,3)4;1-3-2/h5-8H,1-4H3;3H,1H2,2H3. The highest BCUT2D eigenvalue weighted by atomic mass is 14.2. The van der Waals surface area contributed by atoms with Crippen molar-refractivity contribution in [2.75, 3.05) is 0 Å². The fourth-order valence-electron chi connectivity index (χ4n) is 1.05. The molecule has 14 heavy (non-hydrogen) atoms. The van der Waals surface area contributed by atoms with Gasteiger partial charge in [0.15, 0.2) is 0 Å². The molecule has 0 heteroatoms. The van der Waals surface area contributed by atoms with E-state index in [1.54, 1.807) is 6.08 Å². The van der Waals surface area contributed by atoms with Gasteiger partial charge in [-0.3, -0.25) is 0 Å². The van der Waals surface area contributed by atoms with Crippen molar-refractivity contribution in [1.29, 1.82) is 0 Å². The molecular formula is C14H22. The van der Waals surface area contributed by atoms with Crippen LogP contribution in [-0.4, -0.2) is 0 Å². The van der Waals surface area contributed by atoms with Crippen molar-refractivity contribution >= 4 is 0 Å². The zero-order valence-electron chi connectivity index (χ0n) is 10.1. The summed E-state index contributed by atoms with van der Waals surface area (Å²) in [6.07, 6.45) is 1.75. The summed E-state index contributed by atoms with van der Waals surface area (Å²) in [6, 6.07) is 8.74. The molecule has 0 bridgehead atoms. The third-order valence-corrected chi connectivity index (χ3v) is 1.92. The minimum absolute atomic E-state index is 0.285. The molecule has 1 rings (SSSR count). The molecule has 0 aliphatic heterocycles. The van der Waals surface area contributed by atoms with Gasteiger partial charge < -0.3 is 0 Å². The van der Waals surface area contributed by atoms with Crippen molar-refractivity contribution in [3.8, 4) is 0 Å². The SMILES string of the molecule is C=CC.Cc1ccc(C(C)(C)C)cc1. The molecule has 0 atom stereocenters. The first kappa shape index (κ1) is 13.0. The number of aryl methyl sites for hydroxylation is 1. The quantitative estimate of drug-likeness (QED) is 0.529. The Bertz CT molecular complexity index is 259. The Morgan fingerprint density at radius 2 is 1.43 bits per heavy atom. The Hall–Kier alpha value is -1.04. The van der Waals surface area contributed by atoms with Gasteiger partial charge in [-0.2, -0.15) is 0 Å². The van der Waals surface area contributed by atoms with E-state index in [9.17, 15) is 0 Å². The van der Waals surface area contributed by atoms with E-state index in [-0.39, 0.29) is 5.41 Å². The normalized spacial score (nSPS) is 10.1. The molecule has 0 saturated carbocycles. The Balaban J connectivity index is 0.000000500. The summed E-state index contributed by atoms with van der Waals surface area (Å²) in [4.78, 5) is 0. The maximum Gasteiger partial charge on any atom is -0.0132 e. The second kappa shape index (κ2) is 5.64. The lowest BCUT2D eigenvalue weighted by atomic mass is 9.87. The van der Waals surface area contributed by atoms with E-state index < -0.39 is 0 Å². The summed E-state index contributed by atoms with van der Waals surface area (Å²) in [5.74, 6) is 0. The average molecular weight is 190 g/mol. The van der Waals surface area contributed by atoms with Gasteiger partial charge in [0.05, 0.1) is 0 Å². The molecule has 0 unspecified atom stereocenters. The van der Waals surface area contributed by atoms with Crippen LogP contribution in [-0.2, 0) is 5.41 Å². The molecule has 78 valence electrons. The van der Waals surface area contributed by atoms with E-state index in [4.69, 9.17) is 0 Å². The molecule has 0 aliphatic rings. The van der Waals surface area contributed by atoms with Gasteiger partial charge in [0, 0.05) is 0 Å². The molecule has 0 aromatic heterocycles. The smallest absolute Gasteiger partial charge is 0.0132 e. The highest BCUT2D eigenvalue weighted by Gasteiger charge is 2.11. The van der Waals surface area contributed by atoms with Crippen LogP contribution in [0.25, 0.3) is 0 Å². The molecule has 0 heterocycles. The van der Waals surface area contributed by atoms with Gasteiger partial charge in [-0.25, -0.2) is 0 Å². The van der Waals surface area contributed by atoms with E-state index in [2.05, 4.69) is 58.5 Å². The lowest BCUT2D eigenvalue weighted by Crippen LogP contribution is -2.10. The van der Waals surface area contributed by atoms with Crippen LogP contribution in [0, 0.1) is 6.92 Å². The highest BCUT2D eigenvalue weighted by Crippen LogP contribution is 2.21. The third kappa shape index (κ3) is 4.86. The van der Waals surface area contributed by atoms with Crippen LogP contribution in [0.15, 0.2) is 36.9 Å². The van der Waals surface area contributed by atoms with Crippen LogP contribution in [0.5, 0.6) is 0 Å². The Morgan fingerprint density at radius 3 is 1.71 bits per heavy atom. The molecule has 0 aliphatic carbocycles. The van der Waals surface area contributed by atoms with E-state index >= 15 is 0 Å². The Morgan fingerprint density at radius 1 is 1.07 bits per heavy atom. The minimum atomic E-state index is 0.285. The first-order chi connectivity index (χ1) is 6.41. The molecule has 0 radical (unpaired) electrons. The minimum Gasteiger partial charge on any atom is -0.103 e. The van der Waals surface area contributed by atoms with Gasteiger partial charge in [-0.1, -0.05) is 56.7 Å². The van der Waals surface area contributed by atoms with Gasteiger partial charge in [-0.15, -0.1) is 6.58 Å². The Kier molecular flexibility index (Phi) is 5.22. The third-order valence-electron chi connectivity index (χ3n) is 1.92. The summed E-state index contributed by atoms with van der Waals surface area (Å²) in [6.45, 7) is 14.1. The van der Waals surface area contributed by atoms with E-state index in [0.717, 1.165) is 0 Å². The largest absolute Gasteiger partial charge is 0.103 e. The van der Waals surface area contributed by atoms with Gasteiger partial charge in [-0.05, 0) is 24.8 Å². The summed E-state index contributed by atoms with van der Waals surface area (Å²) >= 11 is 0. The summed E-state index contributed by atoms with van der Waals surface area (Å²) < 4.78 is 0. The lowest BCUT2D eigenvalue weighted by Gasteiger charge is -2.18. The van der Waals surface area contributed by atoms with Crippen LogP contribution < -0.4 is 0 Å². The highest BCUT2D eigenvalue weighted by molar-refractivity contribution is 5.26. The number of hydrogen-bond acceptors (Lipinski definition) is 0. The van der Waals surface area contributed by atoms with Gasteiger partial charge in [0.25, 0.3) is 0 Å². The number of hydrogen-bond donors (Lipinski definition) is 0. The van der Waals surface area contributed by atoms with Crippen LogP contribution >= 0.6 is 0 Å². The van der Waals surface area contributed by atoms with Crippen molar-refractivity contribution in [1.82, 2.24) is 0 Å². The first-order valence-electron chi connectivity index (χ1n) is 5.06. The maximum absolute atomic E-state index is 3.36. The second-order valence-electron chi connectivity index (χ2n) is 4.52. The molecular weight excluding hydrogens is 168 g/mol. The molecule has 0 N–H and O–H groups in total. The molecule has 0 amide bonds. The van der Waals surface area contributed by atoms with Crippen molar-refractivity contribution in [3.63, 3.8) is 0 Å². The first-order valence-corrected chi connectivity index (χ1v) is 5.06. The monoisotopic (exact) mass is 190 g/mol.